The molecule has 0 amide bonds. The van der Waals surface area contributed by atoms with Gasteiger partial charge in [0.1, 0.15) is 11.4 Å². The zero-order valence-electron chi connectivity index (χ0n) is 9.26. The highest BCUT2D eigenvalue weighted by molar-refractivity contribution is 7.91. The van der Waals surface area contributed by atoms with E-state index in [-0.39, 0.29) is 9.79 Å². The third kappa shape index (κ3) is 2.36. The standard InChI is InChI=1S/C12H12N2O2S/c13-9-1-5-11(6-2-9)17(15,16)12-7-3-10(14)4-8-12/h1-8H,13-14H2/p+2. The first-order chi connectivity index (χ1) is 8.00. The summed E-state index contributed by atoms with van der Waals surface area (Å²) in [5, 5.41) is 0. The summed E-state index contributed by atoms with van der Waals surface area (Å²) < 4.78 is 24.4. The van der Waals surface area contributed by atoms with Gasteiger partial charge in [-0.1, -0.05) is 0 Å². The summed E-state index contributed by atoms with van der Waals surface area (Å²) in [5.74, 6) is 0. The Bertz CT molecular complexity index is 565. The predicted octanol–water partition coefficient (Wildman–Crippen LogP) is 0.266. The maximum atomic E-state index is 12.2. The molecular formula is C12H14N2O2S+2. The van der Waals surface area contributed by atoms with Crippen molar-refractivity contribution in [1.82, 2.24) is 0 Å². The van der Waals surface area contributed by atoms with Gasteiger partial charge in [0.15, 0.2) is 0 Å². The van der Waals surface area contributed by atoms with Crippen molar-refractivity contribution in [2.75, 3.05) is 0 Å². The number of rotatable bonds is 2. The van der Waals surface area contributed by atoms with Gasteiger partial charge in [0.2, 0.25) is 9.84 Å². The average Bonchev–Trinajstić information content (AvgIpc) is 2.30. The Labute approximate surface area is 99.8 Å². The summed E-state index contributed by atoms with van der Waals surface area (Å²) in [7, 11) is -3.43. The molecule has 0 bridgehead atoms. The Morgan fingerprint density at radius 3 is 1.24 bits per heavy atom. The molecule has 4 nitrogen and oxygen atoms in total. The lowest BCUT2D eigenvalue weighted by Gasteiger charge is -2.03. The average molecular weight is 250 g/mol. The van der Waals surface area contributed by atoms with Crippen molar-refractivity contribution in [3.05, 3.63) is 48.5 Å². The van der Waals surface area contributed by atoms with Crippen LogP contribution in [0.3, 0.4) is 0 Å². The fourth-order valence-corrected chi connectivity index (χ4v) is 2.73. The predicted molar refractivity (Wildman–Crippen MR) is 63.4 cm³/mol. The first-order valence-electron chi connectivity index (χ1n) is 5.09. The van der Waals surface area contributed by atoms with E-state index < -0.39 is 9.84 Å². The van der Waals surface area contributed by atoms with E-state index in [9.17, 15) is 8.42 Å². The molecule has 0 radical (unpaired) electrons. The molecule has 0 fully saturated rings. The van der Waals surface area contributed by atoms with Crippen molar-refractivity contribution in [3.8, 4) is 0 Å². The van der Waals surface area contributed by atoms with Crippen LogP contribution in [0.15, 0.2) is 58.3 Å². The van der Waals surface area contributed by atoms with Crippen LogP contribution in [0, 0.1) is 0 Å². The van der Waals surface area contributed by atoms with E-state index in [1.807, 2.05) is 0 Å². The number of hydrogen-bond acceptors (Lipinski definition) is 2. The van der Waals surface area contributed by atoms with Gasteiger partial charge >= 0.3 is 0 Å². The minimum absolute atomic E-state index is 0.279. The summed E-state index contributed by atoms with van der Waals surface area (Å²) in [4.78, 5) is 0.559. The Kier molecular flexibility index (Phi) is 2.97. The van der Waals surface area contributed by atoms with Crippen LogP contribution in [0.2, 0.25) is 0 Å². The van der Waals surface area contributed by atoms with Crippen molar-refractivity contribution in [2.24, 2.45) is 0 Å². The molecular weight excluding hydrogens is 236 g/mol. The molecule has 0 aliphatic rings. The second-order valence-electron chi connectivity index (χ2n) is 3.79. The van der Waals surface area contributed by atoms with Gasteiger partial charge < -0.3 is 11.5 Å². The highest BCUT2D eigenvalue weighted by Gasteiger charge is 2.17. The van der Waals surface area contributed by atoms with Crippen LogP contribution in [0.5, 0.6) is 0 Å². The second kappa shape index (κ2) is 4.29. The summed E-state index contributed by atoms with van der Waals surface area (Å²) in [5.41, 5.74) is 9.03. The van der Waals surface area contributed by atoms with Gasteiger partial charge in [-0.2, -0.15) is 0 Å². The Morgan fingerprint density at radius 1 is 0.647 bits per heavy atom. The second-order valence-corrected chi connectivity index (χ2v) is 5.74. The Morgan fingerprint density at radius 2 is 0.941 bits per heavy atom. The van der Waals surface area contributed by atoms with Crippen LogP contribution in [0.25, 0.3) is 0 Å². The van der Waals surface area contributed by atoms with Gasteiger partial charge in [-0.3, -0.25) is 0 Å². The summed E-state index contributed by atoms with van der Waals surface area (Å²) in [6.45, 7) is 0. The summed E-state index contributed by atoms with van der Waals surface area (Å²) >= 11 is 0. The maximum absolute atomic E-state index is 12.2. The molecule has 88 valence electrons. The molecule has 6 N–H and O–H groups in total. The fourth-order valence-electron chi connectivity index (χ4n) is 1.47. The molecule has 0 heterocycles. The lowest BCUT2D eigenvalue weighted by atomic mass is 10.3. The van der Waals surface area contributed by atoms with Crippen molar-refractivity contribution < 1.29 is 19.9 Å². The molecule has 0 saturated heterocycles. The van der Waals surface area contributed by atoms with E-state index in [4.69, 9.17) is 0 Å². The normalized spacial score (nSPS) is 11.4. The smallest absolute Gasteiger partial charge is 0.206 e. The number of quaternary nitrogens is 2. The largest absolute Gasteiger partial charge is 0.325 e. The van der Waals surface area contributed by atoms with Gasteiger partial charge in [-0.25, -0.2) is 8.42 Å². The van der Waals surface area contributed by atoms with E-state index in [0.29, 0.717) is 0 Å². The van der Waals surface area contributed by atoms with E-state index in [2.05, 4.69) is 11.5 Å². The third-order valence-electron chi connectivity index (χ3n) is 2.47. The highest BCUT2D eigenvalue weighted by atomic mass is 32.2. The molecule has 17 heavy (non-hydrogen) atoms. The molecule has 0 unspecified atom stereocenters. The van der Waals surface area contributed by atoms with Gasteiger partial charge in [0, 0.05) is 24.3 Å². The van der Waals surface area contributed by atoms with Crippen LogP contribution >= 0.6 is 0 Å². The zero-order valence-corrected chi connectivity index (χ0v) is 10.1. The van der Waals surface area contributed by atoms with Crippen LogP contribution in [-0.4, -0.2) is 8.42 Å². The molecule has 2 rings (SSSR count). The van der Waals surface area contributed by atoms with E-state index in [1.54, 1.807) is 48.5 Å². The van der Waals surface area contributed by atoms with Crippen molar-refractivity contribution >= 4 is 21.2 Å². The molecule has 0 aromatic heterocycles. The summed E-state index contributed by atoms with van der Waals surface area (Å²) in [6.07, 6.45) is 0. The third-order valence-corrected chi connectivity index (χ3v) is 4.25. The van der Waals surface area contributed by atoms with Gasteiger partial charge in [-0.05, 0) is 24.3 Å². The first-order valence-corrected chi connectivity index (χ1v) is 6.57. The lowest BCUT2D eigenvalue weighted by molar-refractivity contribution is -0.255. The lowest BCUT2D eigenvalue weighted by Crippen LogP contribution is -2.40. The van der Waals surface area contributed by atoms with Crippen molar-refractivity contribution in [2.45, 2.75) is 9.79 Å². The minimum Gasteiger partial charge on any atom is -0.325 e. The minimum atomic E-state index is -3.43. The Balaban J connectivity index is 2.50. The van der Waals surface area contributed by atoms with E-state index in [0.717, 1.165) is 11.4 Å². The Hall–Kier alpha value is -1.69. The molecule has 0 spiro atoms. The number of benzene rings is 2. The van der Waals surface area contributed by atoms with Crippen molar-refractivity contribution in [3.63, 3.8) is 0 Å². The molecule has 0 aliphatic carbocycles. The number of sulfone groups is 1. The SMILES string of the molecule is [NH3+]c1ccc(S(=O)(=O)c2ccc([NH3+])cc2)cc1. The van der Waals surface area contributed by atoms with Crippen molar-refractivity contribution in [1.29, 1.82) is 0 Å². The van der Waals surface area contributed by atoms with E-state index in [1.165, 1.54) is 0 Å². The molecule has 0 atom stereocenters. The molecule has 0 saturated carbocycles. The van der Waals surface area contributed by atoms with Gasteiger partial charge in [0.25, 0.3) is 0 Å². The number of hydrogen-bond donors (Lipinski definition) is 2. The van der Waals surface area contributed by atoms with Crippen LogP contribution < -0.4 is 11.5 Å². The van der Waals surface area contributed by atoms with Crippen LogP contribution in [0.4, 0.5) is 11.4 Å². The monoisotopic (exact) mass is 250 g/mol. The summed E-state index contributed by atoms with van der Waals surface area (Å²) in [6, 6.07) is 13.0. The fraction of sp³-hybridized carbons (Fsp3) is 0. The topological polar surface area (TPSA) is 89.4 Å². The zero-order chi connectivity index (χ0) is 12.5. The maximum Gasteiger partial charge on any atom is 0.206 e. The molecule has 0 aliphatic heterocycles. The first kappa shape index (κ1) is 11.8. The van der Waals surface area contributed by atoms with Gasteiger partial charge in [0.05, 0.1) is 9.79 Å². The molecule has 2 aromatic carbocycles. The molecule has 5 heteroatoms. The van der Waals surface area contributed by atoms with Gasteiger partial charge in [-0.15, -0.1) is 0 Å². The van der Waals surface area contributed by atoms with Crippen LogP contribution in [0.1, 0.15) is 0 Å². The van der Waals surface area contributed by atoms with E-state index >= 15 is 0 Å². The molecule has 2 aromatic rings. The quantitative estimate of drug-likeness (QED) is 0.801. The van der Waals surface area contributed by atoms with Crippen LogP contribution in [-0.2, 0) is 9.84 Å². The highest BCUT2D eigenvalue weighted by Crippen LogP contribution is 2.21.